The molecule has 2 aromatic rings. The standard InChI is InChI=1S/C25H32N2O4/c1-2-30-23-8-5-19(6-9-23)20-7-10-24-22(16-20)18-27-12-3-4-21(17-27)25(28)26-11-13-29-14-15-31-24/h5-10,16,21H,2-4,11-15,17-18H2,1H3,(H,26,28). The number of nitrogens with zero attached hydrogens (tertiary/aromatic N) is 1. The highest BCUT2D eigenvalue weighted by atomic mass is 16.5. The smallest absolute Gasteiger partial charge is 0.224 e. The monoisotopic (exact) mass is 424 g/mol. The Hall–Kier alpha value is -2.57. The van der Waals surface area contributed by atoms with Crippen molar-refractivity contribution in [3.05, 3.63) is 48.0 Å². The lowest BCUT2D eigenvalue weighted by atomic mass is 9.96. The average molecular weight is 425 g/mol. The van der Waals surface area contributed by atoms with Crippen LogP contribution in [0.5, 0.6) is 11.5 Å². The van der Waals surface area contributed by atoms with Crippen molar-refractivity contribution in [1.82, 2.24) is 10.2 Å². The lowest BCUT2D eigenvalue weighted by Crippen LogP contribution is -2.43. The number of amides is 1. The van der Waals surface area contributed by atoms with Gasteiger partial charge >= 0.3 is 0 Å². The second kappa shape index (κ2) is 10.6. The minimum absolute atomic E-state index is 0.0374. The number of carbonyl (C=O) groups is 1. The molecule has 1 amide bonds. The van der Waals surface area contributed by atoms with E-state index in [1.54, 1.807) is 0 Å². The Morgan fingerprint density at radius 3 is 2.77 bits per heavy atom. The predicted octanol–water partition coefficient (Wildman–Crippen LogP) is 3.49. The SMILES string of the molecule is CCOc1ccc(-c2ccc3c(c2)CN2CCCC(C2)C(=O)NCCOCCO3)cc1. The van der Waals surface area contributed by atoms with Crippen molar-refractivity contribution in [3.8, 4) is 22.6 Å². The molecule has 2 unspecified atom stereocenters. The molecule has 31 heavy (non-hydrogen) atoms. The first-order valence-electron chi connectivity index (χ1n) is 11.3. The van der Waals surface area contributed by atoms with E-state index in [0.29, 0.717) is 33.0 Å². The fourth-order valence-corrected chi connectivity index (χ4v) is 4.29. The Kier molecular flexibility index (Phi) is 7.43. The first-order chi connectivity index (χ1) is 15.2. The van der Waals surface area contributed by atoms with Gasteiger partial charge < -0.3 is 19.5 Å². The predicted molar refractivity (Wildman–Crippen MR) is 120 cm³/mol. The summed E-state index contributed by atoms with van der Waals surface area (Å²) >= 11 is 0. The molecule has 0 aliphatic carbocycles. The minimum atomic E-state index is 0.0374. The molecule has 4 rings (SSSR count). The van der Waals surface area contributed by atoms with Crippen LogP contribution < -0.4 is 14.8 Å². The molecule has 1 N–H and O–H groups in total. The highest BCUT2D eigenvalue weighted by molar-refractivity contribution is 5.79. The van der Waals surface area contributed by atoms with E-state index in [9.17, 15) is 4.79 Å². The number of benzene rings is 2. The van der Waals surface area contributed by atoms with E-state index in [0.717, 1.165) is 60.7 Å². The second-order valence-corrected chi connectivity index (χ2v) is 8.11. The zero-order chi connectivity index (χ0) is 21.5. The topological polar surface area (TPSA) is 60.0 Å². The first kappa shape index (κ1) is 21.7. The van der Waals surface area contributed by atoms with Crippen LogP contribution >= 0.6 is 0 Å². The van der Waals surface area contributed by atoms with Crippen LogP contribution in [0.1, 0.15) is 25.3 Å². The van der Waals surface area contributed by atoms with Crippen molar-refractivity contribution in [2.45, 2.75) is 26.3 Å². The molecule has 0 saturated carbocycles. The molecule has 2 aromatic carbocycles. The first-order valence-corrected chi connectivity index (χ1v) is 11.3. The summed E-state index contributed by atoms with van der Waals surface area (Å²) in [6, 6.07) is 14.6. The van der Waals surface area contributed by atoms with Gasteiger partial charge in [-0.1, -0.05) is 18.2 Å². The van der Waals surface area contributed by atoms with Gasteiger partial charge in [-0.25, -0.2) is 0 Å². The van der Waals surface area contributed by atoms with E-state index in [4.69, 9.17) is 14.2 Å². The Bertz CT molecular complexity index is 868. The molecule has 2 heterocycles. The minimum Gasteiger partial charge on any atom is -0.494 e. The summed E-state index contributed by atoms with van der Waals surface area (Å²) in [6.45, 7) is 7.25. The van der Waals surface area contributed by atoms with E-state index in [-0.39, 0.29) is 11.8 Å². The van der Waals surface area contributed by atoms with Gasteiger partial charge in [-0.2, -0.15) is 0 Å². The van der Waals surface area contributed by atoms with Crippen molar-refractivity contribution < 1.29 is 19.0 Å². The van der Waals surface area contributed by atoms with Gasteiger partial charge in [-0.05, 0) is 61.7 Å². The maximum atomic E-state index is 12.5. The van der Waals surface area contributed by atoms with Crippen molar-refractivity contribution >= 4 is 5.91 Å². The Balaban J connectivity index is 1.58. The van der Waals surface area contributed by atoms with Crippen LogP contribution in [0.3, 0.4) is 0 Å². The Morgan fingerprint density at radius 1 is 1.10 bits per heavy atom. The van der Waals surface area contributed by atoms with Crippen molar-refractivity contribution in [3.63, 3.8) is 0 Å². The van der Waals surface area contributed by atoms with Gasteiger partial charge in [0.15, 0.2) is 0 Å². The molecule has 1 fully saturated rings. The Morgan fingerprint density at radius 2 is 1.94 bits per heavy atom. The number of ether oxygens (including phenoxy) is 3. The zero-order valence-corrected chi connectivity index (χ0v) is 18.3. The number of carbonyl (C=O) groups excluding carboxylic acids is 1. The fourth-order valence-electron chi connectivity index (χ4n) is 4.29. The number of rotatable bonds is 3. The highest BCUT2D eigenvalue weighted by Gasteiger charge is 2.26. The fraction of sp³-hybridized carbons (Fsp3) is 0.480. The van der Waals surface area contributed by atoms with E-state index in [1.807, 2.05) is 19.1 Å². The van der Waals surface area contributed by atoms with Crippen LogP contribution in [0, 0.1) is 5.92 Å². The summed E-state index contributed by atoms with van der Waals surface area (Å²) < 4.78 is 17.2. The zero-order valence-electron chi connectivity index (χ0n) is 18.3. The Labute approximate surface area is 184 Å². The van der Waals surface area contributed by atoms with Crippen LogP contribution in [-0.2, 0) is 16.1 Å². The van der Waals surface area contributed by atoms with Crippen molar-refractivity contribution in [2.24, 2.45) is 5.92 Å². The molecule has 2 atom stereocenters. The third-order valence-corrected chi connectivity index (χ3v) is 5.86. The molecule has 1 saturated heterocycles. The van der Waals surface area contributed by atoms with Gasteiger partial charge in [-0.3, -0.25) is 9.69 Å². The third-order valence-electron chi connectivity index (χ3n) is 5.86. The van der Waals surface area contributed by atoms with Gasteiger partial charge in [0.1, 0.15) is 18.1 Å². The van der Waals surface area contributed by atoms with Crippen LogP contribution in [0.15, 0.2) is 42.5 Å². The summed E-state index contributed by atoms with van der Waals surface area (Å²) in [5, 5.41) is 3.01. The summed E-state index contributed by atoms with van der Waals surface area (Å²) in [5.41, 5.74) is 3.43. The lowest BCUT2D eigenvalue weighted by Gasteiger charge is -2.32. The molecule has 0 radical (unpaired) electrons. The van der Waals surface area contributed by atoms with Crippen LogP contribution in [0.2, 0.25) is 0 Å². The van der Waals surface area contributed by atoms with Crippen LogP contribution in [0.25, 0.3) is 11.1 Å². The van der Waals surface area contributed by atoms with E-state index < -0.39 is 0 Å². The second-order valence-electron chi connectivity index (χ2n) is 8.11. The molecule has 0 aromatic heterocycles. The summed E-state index contributed by atoms with van der Waals surface area (Å²) in [4.78, 5) is 14.9. The summed E-state index contributed by atoms with van der Waals surface area (Å²) in [7, 11) is 0. The molecule has 2 aliphatic heterocycles. The molecule has 2 bridgehead atoms. The lowest BCUT2D eigenvalue weighted by molar-refractivity contribution is -0.127. The van der Waals surface area contributed by atoms with Crippen LogP contribution in [0.4, 0.5) is 0 Å². The number of hydrogen-bond acceptors (Lipinski definition) is 5. The number of fused-ring (bicyclic) bond motifs is 3. The number of piperidine rings is 1. The number of hydrogen-bond donors (Lipinski definition) is 1. The molecule has 166 valence electrons. The normalized spacial score (nSPS) is 22.4. The highest BCUT2D eigenvalue weighted by Crippen LogP contribution is 2.30. The quantitative estimate of drug-likeness (QED) is 0.817. The third kappa shape index (κ3) is 5.77. The summed E-state index contributed by atoms with van der Waals surface area (Å²) in [5.74, 6) is 1.95. The van der Waals surface area contributed by atoms with Gasteiger partial charge in [0.25, 0.3) is 0 Å². The molecule has 6 heteroatoms. The molecule has 2 aliphatic rings. The number of nitrogens with one attached hydrogen (secondary N) is 1. The molecular formula is C25H32N2O4. The summed E-state index contributed by atoms with van der Waals surface area (Å²) in [6.07, 6.45) is 1.97. The average Bonchev–Trinajstić information content (AvgIpc) is 2.79. The van der Waals surface area contributed by atoms with Crippen molar-refractivity contribution in [2.75, 3.05) is 46.1 Å². The van der Waals surface area contributed by atoms with Gasteiger partial charge in [0, 0.05) is 25.2 Å². The van der Waals surface area contributed by atoms with Gasteiger partial charge in [0.2, 0.25) is 5.91 Å². The van der Waals surface area contributed by atoms with E-state index >= 15 is 0 Å². The molecular weight excluding hydrogens is 392 g/mol. The maximum Gasteiger partial charge on any atom is 0.224 e. The van der Waals surface area contributed by atoms with Crippen molar-refractivity contribution in [1.29, 1.82) is 0 Å². The maximum absolute atomic E-state index is 12.5. The van der Waals surface area contributed by atoms with E-state index in [1.165, 1.54) is 0 Å². The van der Waals surface area contributed by atoms with E-state index in [2.05, 4.69) is 40.5 Å². The largest absolute Gasteiger partial charge is 0.494 e. The molecule has 6 nitrogen and oxygen atoms in total. The molecule has 0 spiro atoms. The van der Waals surface area contributed by atoms with Gasteiger partial charge in [0.05, 0.1) is 25.7 Å². The van der Waals surface area contributed by atoms with Crippen LogP contribution in [-0.4, -0.2) is 56.9 Å². The van der Waals surface area contributed by atoms with Gasteiger partial charge in [-0.15, -0.1) is 0 Å².